The molecule has 0 atom stereocenters. The average molecular weight is 371 g/mol. The Kier molecular flexibility index (Phi) is 4.28. The molecule has 0 amide bonds. The van der Waals surface area contributed by atoms with Crippen LogP contribution in [0, 0.1) is 6.92 Å². The van der Waals surface area contributed by atoms with Gasteiger partial charge in [0.15, 0.2) is 5.96 Å². The monoisotopic (exact) mass is 371 g/mol. The fraction of sp³-hybridized carbons (Fsp3) is 0.385. The van der Waals surface area contributed by atoms with Gasteiger partial charge in [0.2, 0.25) is 0 Å². The molecule has 0 unspecified atom stereocenters. The van der Waals surface area contributed by atoms with Gasteiger partial charge in [-0.05, 0) is 18.6 Å². The van der Waals surface area contributed by atoms with Crippen LogP contribution in [0.5, 0.6) is 0 Å². The highest BCUT2D eigenvalue weighted by atomic mass is 127. The van der Waals surface area contributed by atoms with Crippen LogP contribution in [0.3, 0.4) is 0 Å². The molecule has 0 saturated heterocycles. The lowest BCUT2D eigenvalue weighted by Crippen LogP contribution is -2.35. The molecule has 6 heteroatoms. The smallest absolute Gasteiger partial charge is 0.194 e. The van der Waals surface area contributed by atoms with Crippen molar-refractivity contribution in [3.8, 4) is 0 Å². The molecule has 1 aliphatic rings. The van der Waals surface area contributed by atoms with Crippen LogP contribution >= 0.6 is 24.0 Å². The summed E-state index contributed by atoms with van der Waals surface area (Å²) in [6.45, 7) is 4.67. The molecular formula is C13H18IN5. The Hall–Kier alpha value is -1.31. The topological polar surface area (TPSA) is 44.9 Å². The van der Waals surface area contributed by atoms with Crippen molar-refractivity contribution in [1.29, 1.82) is 0 Å². The molecular weight excluding hydrogens is 353 g/mol. The highest BCUT2D eigenvalue weighted by Gasteiger charge is 2.12. The zero-order chi connectivity index (χ0) is 12.5. The van der Waals surface area contributed by atoms with E-state index in [1.165, 1.54) is 5.56 Å². The number of aromatic nitrogens is 2. The van der Waals surface area contributed by atoms with E-state index < -0.39 is 0 Å². The number of nitrogens with zero attached hydrogens (tertiary/aromatic N) is 4. The summed E-state index contributed by atoms with van der Waals surface area (Å²) in [5, 5.41) is 3.32. The maximum Gasteiger partial charge on any atom is 0.194 e. The summed E-state index contributed by atoms with van der Waals surface area (Å²) >= 11 is 0. The number of likely N-dealkylation sites (N-methyl/N-ethyl adjacent to an activating group) is 1. The van der Waals surface area contributed by atoms with Gasteiger partial charge in [0.1, 0.15) is 5.65 Å². The quantitative estimate of drug-likeness (QED) is 0.817. The average Bonchev–Trinajstić information content (AvgIpc) is 2.92. The van der Waals surface area contributed by atoms with E-state index in [1.54, 1.807) is 0 Å². The Labute approximate surface area is 129 Å². The lowest BCUT2D eigenvalue weighted by molar-refractivity contribution is 0.533. The summed E-state index contributed by atoms with van der Waals surface area (Å²) in [7, 11) is 2.05. The Bertz CT molecular complexity index is 604. The van der Waals surface area contributed by atoms with E-state index in [-0.39, 0.29) is 24.0 Å². The third-order valence-corrected chi connectivity index (χ3v) is 3.13. The number of aryl methyl sites for hydroxylation is 1. The molecule has 0 spiro atoms. The first-order chi connectivity index (χ1) is 8.72. The standard InChI is InChI=1S/C13H17N5.HI/c1-10-3-4-12-16-11(9-18(12)8-10)7-15-13-14-5-6-17(13)2;/h3-4,8-9H,5-7H2,1-2H3,(H,14,15);1H. The maximum atomic E-state index is 4.57. The van der Waals surface area contributed by atoms with Crippen molar-refractivity contribution in [1.82, 2.24) is 19.6 Å². The van der Waals surface area contributed by atoms with E-state index in [0.29, 0.717) is 6.54 Å². The lowest BCUT2D eigenvalue weighted by Gasteiger charge is -2.14. The molecule has 1 N–H and O–H groups in total. The van der Waals surface area contributed by atoms with Gasteiger partial charge in [-0.25, -0.2) is 4.98 Å². The number of imidazole rings is 1. The third kappa shape index (κ3) is 2.99. The molecule has 0 radical (unpaired) electrons. The first-order valence-corrected chi connectivity index (χ1v) is 6.16. The van der Waals surface area contributed by atoms with Gasteiger partial charge in [0, 0.05) is 26.0 Å². The number of guanidine groups is 1. The number of hydrogen-bond donors (Lipinski definition) is 1. The van der Waals surface area contributed by atoms with Crippen molar-refractivity contribution in [2.75, 3.05) is 20.1 Å². The summed E-state index contributed by atoms with van der Waals surface area (Å²) in [6, 6.07) is 4.12. The fourth-order valence-corrected chi connectivity index (χ4v) is 2.13. The molecule has 1 aliphatic heterocycles. The van der Waals surface area contributed by atoms with Gasteiger partial charge in [0.25, 0.3) is 0 Å². The van der Waals surface area contributed by atoms with Crippen LogP contribution in [0.15, 0.2) is 29.5 Å². The summed E-state index contributed by atoms with van der Waals surface area (Å²) in [5.41, 5.74) is 3.25. The highest BCUT2D eigenvalue weighted by Crippen LogP contribution is 2.07. The van der Waals surface area contributed by atoms with Gasteiger partial charge in [-0.1, -0.05) is 6.07 Å². The summed E-state index contributed by atoms with van der Waals surface area (Å²) in [5.74, 6) is 0.961. The zero-order valence-electron chi connectivity index (χ0n) is 11.1. The molecule has 2 aromatic heterocycles. The molecule has 0 saturated carbocycles. The molecule has 3 heterocycles. The zero-order valence-corrected chi connectivity index (χ0v) is 13.5. The van der Waals surface area contributed by atoms with Crippen LogP contribution < -0.4 is 5.32 Å². The van der Waals surface area contributed by atoms with Gasteiger partial charge in [-0.3, -0.25) is 4.99 Å². The number of halogens is 1. The summed E-state index contributed by atoms with van der Waals surface area (Å²) in [6.07, 6.45) is 4.15. The van der Waals surface area contributed by atoms with Crippen LogP contribution in [0.4, 0.5) is 0 Å². The molecule has 0 fully saturated rings. The second-order valence-corrected chi connectivity index (χ2v) is 4.68. The van der Waals surface area contributed by atoms with Gasteiger partial charge in [-0.2, -0.15) is 0 Å². The Balaban J connectivity index is 0.00000133. The van der Waals surface area contributed by atoms with Crippen molar-refractivity contribution in [3.63, 3.8) is 0 Å². The molecule has 102 valence electrons. The normalized spacial score (nSPS) is 14.4. The number of aliphatic imine (C=N–C) groups is 1. The molecule has 0 bridgehead atoms. The van der Waals surface area contributed by atoms with Gasteiger partial charge in [-0.15, -0.1) is 24.0 Å². The molecule has 19 heavy (non-hydrogen) atoms. The van der Waals surface area contributed by atoms with Crippen LogP contribution in [-0.4, -0.2) is 40.4 Å². The minimum Gasteiger partial charge on any atom is -0.351 e. The van der Waals surface area contributed by atoms with Crippen molar-refractivity contribution in [3.05, 3.63) is 35.8 Å². The molecule has 2 aromatic rings. The number of nitrogens with one attached hydrogen (secondary N) is 1. The summed E-state index contributed by atoms with van der Waals surface area (Å²) < 4.78 is 2.06. The van der Waals surface area contributed by atoms with Crippen molar-refractivity contribution >= 4 is 35.6 Å². The number of rotatable bonds is 2. The van der Waals surface area contributed by atoms with E-state index in [9.17, 15) is 0 Å². The minimum absolute atomic E-state index is 0. The van der Waals surface area contributed by atoms with E-state index in [2.05, 4.69) is 50.0 Å². The van der Waals surface area contributed by atoms with Gasteiger partial charge >= 0.3 is 0 Å². The maximum absolute atomic E-state index is 4.57. The van der Waals surface area contributed by atoms with E-state index in [1.807, 2.05) is 13.1 Å². The summed E-state index contributed by atoms with van der Waals surface area (Å²) in [4.78, 5) is 11.1. The van der Waals surface area contributed by atoms with Crippen LogP contribution in [0.1, 0.15) is 11.3 Å². The molecule has 0 aromatic carbocycles. The van der Waals surface area contributed by atoms with Crippen LogP contribution in [0.25, 0.3) is 5.65 Å². The molecule has 0 aliphatic carbocycles. The van der Waals surface area contributed by atoms with Crippen molar-refractivity contribution in [2.45, 2.75) is 13.5 Å². The fourth-order valence-electron chi connectivity index (χ4n) is 2.13. The lowest BCUT2D eigenvalue weighted by atomic mass is 10.3. The molecule has 3 rings (SSSR count). The predicted octanol–water partition coefficient (Wildman–Crippen LogP) is 1.65. The second-order valence-electron chi connectivity index (χ2n) is 4.68. The first-order valence-electron chi connectivity index (χ1n) is 6.16. The Morgan fingerprint density at radius 2 is 2.16 bits per heavy atom. The number of fused-ring (bicyclic) bond motifs is 1. The highest BCUT2D eigenvalue weighted by molar-refractivity contribution is 14.0. The number of pyridine rings is 1. The minimum atomic E-state index is 0. The SMILES string of the molecule is Cc1ccc2nc(CNC3=NCCN3C)cn2c1.I. The van der Waals surface area contributed by atoms with Crippen LogP contribution in [-0.2, 0) is 6.54 Å². The van der Waals surface area contributed by atoms with Gasteiger partial charge < -0.3 is 14.6 Å². The second kappa shape index (κ2) is 5.77. The largest absolute Gasteiger partial charge is 0.351 e. The predicted molar refractivity (Wildman–Crippen MR) is 87.1 cm³/mol. The Morgan fingerprint density at radius 3 is 2.89 bits per heavy atom. The van der Waals surface area contributed by atoms with E-state index >= 15 is 0 Å². The van der Waals surface area contributed by atoms with Crippen LogP contribution in [0.2, 0.25) is 0 Å². The van der Waals surface area contributed by atoms with E-state index in [4.69, 9.17) is 0 Å². The third-order valence-electron chi connectivity index (χ3n) is 3.13. The first kappa shape index (κ1) is 14.1. The van der Waals surface area contributed by atoms with Crippen molar-refractivity contribution in [2.24, 2.45) is 4.99 Å². The molecule has 5 nitrogen and oxygen atoms in total. The van der Waals surface area contributed by atoms with Crippen molar-refractivity contribution < 1.29 is 0 Å². The number of hydrogen-bond acceptors (Lipinski definition) is 4. The van der Waals surface area contributed by atoms with E-state index in [0.717, 1.165) is 30.4 Å². The van der Waals surface area contributed by atoms with Gasteiger partial charge in [0.05, 0.1) is 18.8 Å². The Morgan fingerprint density at radius 1 is 1.32 bits per heavy atom.